The first-order valence-corrected chi connectivity index (χ1v) is 11.1. The zero-order chi connectivity index (χ0) is 26.5. The number of carbonyl (C=O) groups excluding carboxylic acids is 2. The third kappa shape index (κ3) is 7.39. The van der Waals surface area contributed by atoms with E-state index >= 15 is 0 Å². The Morgan fingerprint density at radius 1 is 1.14 bits per heavy atom. The Morgan fingerprint density at radius 2 is 1.78 bits per heavy atom. The molecule has 10 nitrogen and oxygen atoms in total. The molecule has 2 unspecified atom stereocenters. The van der Waals surface area contributed by atoms with Gasteiger partial charge in [-0.25, -0.2) is 15.4 Å². The fourth-order valence-corrected chi connectivity index (χ4v) is 3.72. The topological polar surface area (TPSA) is 109 Å². The van der Waals surface area contributed by atoms with Crippen LogP contribution in [0.2, 0.25) is 0 Å². The molecular formula is C20H26F6N6O4. The summed E-state index contributed by atoms with van der Waals surface area (Å²) in [5.74, 6) is -3.57. The highest BCUT2D eigenvalue weighted by Crippen LogP contribution is 2.31. The van der Waals surface area contributed by atoms with Gasteiger partial charge in [-0.3, -0.25) is 15.0 Å². The number of carbonyl (C=O) groups is 2. The van der Waals surface area contributed by atoms with E-state index in [2.05, 4.69) is 15.4 Å². The molecule has 2 aliphatic rings. The van der Waals surface area contributed by atoms with Crippen LogP contribution in [-0.2, 0) is 25.2 Å². The number of hydrogen-bond donors (Lipinski definition) is 2. The van der Waals surface area contributed by atoms with Crippen LogP contribution in [0.3, 0.4) is 0 Å². The Morgan fingerprint density at radius 3 is 2.36 bits per heavy atom. The third-order valence-electron chi connectivity index (χ3n) is 5.67. The molecule has 1 aromatic heterocycles. The van der Waals surface area contributed by atoms with E-state index < -0.39 is 41.9 Å². The van der Waals surface area contributed by atoms with Gasteiger partial charge >= 0.3 is 12.4 Å². The molecule has 3 heterocycles. The Bertz CT molecular complexity index is 892. The van der Waals surface area contributed by atoms with Crippen LogP contribution in [0, 0.1) is 5.92 Å². The fraction of sp³-hybridized carbons (Fsp3) is 0.700. The molecule has 2 aliphatic heterocycles. The molecule has 36 heavy (non-hydrogen) atoms. The van der Waals surface area contributed by atoms with Gasteiger partial charge in [0.2, 0.25) is 17.8 Å². The summed E-state index contributed by atoms with van der Waals surface area (Å²) < 4.78 is 88.0. The number of hydrazine groups is 1. The molecule has 0 saturated carbocycles. The second kappa shape index (κ2) is 11.6. The smallest absolute Gasteiger partial charge is 0.376 e. The van der Waals surface area contributed by atoms with E-state index in [4.69, 9.17) is 9.47 Å². The molecule has 2 saturated heterocycles. The molecule has 0 radical (unpaired) electrons. The molecule has 2 N–H and O–H groups in total. The van der Waals surface area contributed by atoms with Crippen molar-refractivity contribution in [1.82, 2.24) is 25.7 Å². The maximum absolute atomic E-state index is 13.1. The average molecular weight is 528 g/mol. The summed E-state index contributed by atoms with van der Waals surface area (Å²) in [6.45, 7) is 2.48. The normalized spacial score (nSPS) is 22.4. The number of amides is 2. The van der Waals surface area contributed by atoms with E-state index in [0.29, 0.717) is 38.6 Å². The third-order valence-corrected chi connectivity index (χ3v) is 5.67. The minimum atomic E-state index is -4.75. The van der Waals surface area contributed by atoms with Crippen LogP contribution in [0.25, 0.3) is 0 Å². The monoisotopic (exact) mass is 528 g/mol. The summed E-state index contributed by atoms with van der Waals surface area (Å²) in [6.07, 6.45) is -9.85. The molecule has 0 aromatic carbocycles. The van der Waals surface area contributed by atoms with E-state index in [1.165, 1.54) is 0 Å². The van der Waals surface area contributed by atoms with Gasteiger partial charge in [0.15, 0.2) is 5.92 Å². The van der Waals surface area contributed by atoms with Crippen molar-refractivity contribution in [1.29, 1.82) is 0 Å². The number of aromatic nitrogens is 2. The lowest BCUT2D eigenvalue weighted by atomic mass is 9.99. The summed E-state index contributed by atoms with van der Waals surface area (Å²) >= 11 is 0. The zero-order valence-electron chi connectivity index (χ0n) is 19.2. The number of piperazine rings is 1. The molecule has 2 fully saturated rings. The largest absolute Gasteiger partial charge is 0.419 e. The SMILES string of the molecule is C[C@H](COC1CNNC(=O)C1C(F)(F)F)OCCC(=O)N1CCN(c2ncc(C(F)(F)F)cn2)CC1. The van der Waals surface area contributed by atoms with Crippen molar-refractivity contribution < 1.29 is 45.4 Å². The van der Waals surface area contributed by atoms with Gasteiger partial charge < -0.3 is 19.3 Å². The van der Waals surface area contributed by atoms with E-state index in [9.17, 15) is 35.9 Å². The Hall–Kier alpha value is -2.72. The quantitative estimate of drug-likeness (QED) is 0.484. The molecule has 3 atom stereocenters. The van der Waals surface area contributed by atoms with E-state index in [1.807, 2.05) is 5.43 Å². The highest BCUT2D eigenvalue weighted by molar-refractivity contribution is 5.80. The Labute approximate surface area is 202 Å². The molecule has 202 valence electrons. The second-order valence-corrected chi connectivity index (χ2v) is 8.33. The van der Waals surface area contributed by atoms with Crippen LogP contribution in [0.1, 0.15) is 18.9 Å². The zero-order valence-corrected chi connectivity index (χ0v) is 19.2. The number of halogens is 6. The molecule has 1 aromatic rings. The maximum Gasteiger partial charge on any atom is 0.419 e. The van der Waals surface area contributed by atoms with E-state index in [0.717, 1.165) is 0 Å². The molecule has 0 bridgehead atoms. The number of alkyl halides is 6. The molecular weight excluding hydrogens is 502 g/mol. The molecule has 3 rings (SSSR count). The maximum atomic E-state index is 13.1. The van der Waals surface area contributed by atoms with E-state index in [-0.39, 0.29) is 38.0 Å². The Kier molecular flexibility index (Phi) is 8.94. The summed E-state index contributed by atoms with van der Waals surface area (Å²) in [5, 5.41) is 0. The first kappa shape index (κ1) is 27.9. The van der Waals surface area contributed by atoms with Crippen molar-refractivity contribution in [2.75, 3.05) is 50.8 Å². The van der Waals surface area contributed by atoms with Crippen LogP contribution in [0.15, 0.2) is 12.4 Å². The lowest BCUT2D eigenvalue weighted by Gasteiger charge is -2.35. The number of ether oxygens (including phenoxy) is 2. The van der Waals surface area contributed by atoms with Crippen LogP contribution < -0.4 is 15.8 Å². The summed E-state index contributed by atoms with van der Waals surface area (Å²) in [5.41, 5.74) is 3.35. The van der Waals surface area contributed by atoms with Gasteiger partial charge in [0.1, 0.15) is 0 Å². The molecule has 16 heteroatoms. The van der Waals surface area contributed by atoms with Crippen molar-refractivity contribution in [2.45, 2.75) is 37.9 Å². The van der Waals surface area contributed by atoms with Gasteiger partial charge in [0.05, 0.1) is 37.4 Å². The first-order chi connectivity index (χ1) is 16.9. The highest BCUT2D eigenvalue weighted by atomic mass is 19.4. The predicted molar refractivity (Wildman–Crippen MR) is 111 cm³/mol. The van der Waals surface area contributed by atoms with Crippen LogP contribution in [0.4, 0.5) is 32.3 Å². The summed E-state index contributed by atoms with van der Waals surface area (Å²) in [6, 6.07) is 0. The van der Waals surface area contributed by atoms with Crippen LogP contribution >= 0.6 is 0 Å². The number of anilines is 1. The van der Waals surface area contributed by atoms with Gasteiger partial charge in [-0.1, -0.05) is 0 Å². The number of nitrogens with zero attached hydrogens (tertiary/aromatic N) is 4. The van der Waals surface area contributed by atoms with Crippen molar-refractivity contribution in [2.24, 2.45) is 5.92 Å². The minimum Gasteiger partial charge on any atom is -0.376 e. The highest BCUT2D eigenvalue weighted by Gasteiger charge is 2.52. The van der Waals surface area contributed by atoms with Gasteiger partial charge in [0, 0.05) is 45.1 Å². The average Bonchev–Trinajstić information content (AvgIpc) is 2.81. The number of hydrogen-bond acceptors (Lipinski definition) is 8. The van der Waals surface area contributed by atoms with Gasteiger partial charge in [-0.15, -0.1) is 0 Å². The molecule has 0 aliphatic carbocycles. The molecule has 0 spiro atoms. The summed E-state index contributed by atoms with van der Waals surface area (Å²) in [7, 11) is 0. The van der Waals surface area contributed by atoms with Gasteiger partial charge in [-0.05, 0) is 6.92 Å². The van der Waals surface area contributed by atoms with E-state index in [1.54, 1.807) is 16.7 Å². The van der Waals surface area contributed by atoms with Crippen molar-refractivity contribution in [3.63, 3.8) is 0 Å². The first-order valence-electron chi connectivity index (χ1n) is 11.1. The standard InChI is InChI=1S/C20H26F6N6O4/c1-12(11-36-14-10-29-30-17(34)16(14)20(24,25)26)35-7-2-15(33)31-3-5-32(6-4-31)18-27-8-13(9-28-18)19(21,22)23/h8-9,12,14,16,29H,2-7,10-11H2,1H3,(H,30,34)/t12-,14?,16?/m1/s1. The van der Waals surface area contributed by atoms with Crippen molar-refractivity contribution in [3.05, 3.63) is 18.0 Å². The van der Waals surface area contributed by atoms with Gasteiger partial charge in [0.25, 0.3) is 0 Å². The van der Waals surface area contributed by atoms with Crippen LogP contribution in [-0.4, -0.2) is 91.0 Å². The van der Waals surface area contributed by atoms with Crippen molar-refractivity contribution >= 4 is 17.8 Å². The lowest BCUT2D eigenvalue weighted by Crippen LogP contribution is -2.60. The number of nitrogens with one attached hydrogen (secondary N) is 2. The minimum absolute atomic E-state index is 0.0116. The fourth-order valence-electron chi connectivity index (χ4n) is 3.72. The van der Waals surface area contributed by atoms with Crippen LogP contribution in [0.5, 0.6) is 0 Å². The Balaban J connectivity index is 1.36. The predicted octanol–water partition coefficient (Wildman–Crippen LogP) is 1.14. The second-order valence-electron chi connectivity index (χ2n) is 8.33. The number of rotatable bonds is 8. The van der Waals surface area contributed by atoms with Crippen molar-refractivity contribution in [3.8, 4) is 0 Å². The van der Waals surface area contributed by atoms with Gasteiger partial charge in [-0.2, -0.15) is 26.3 Å². The molecule has 2 amide bonds. The lowest BCUT2D eigenvalue weighted by molar-refractivity contribution is -0.215. The summed E-state index contributed by atoms with van der Waals surface area (Å²) in [4.78, 5) is 34.7.